The maximum Gasteiger partial charge on any atom is 0.119 e. The summed E-state index contributed by atoms with van der Waals surface area (Å²) in [6.07, 6.45) is 1.89. The predicted octanol–water partition coefficient (Wildman–Crippen LogP) is 2.62. The number of nitrogens with two attached hydrogens (primary N) is 1. The molecule has 0 amide bonds. The molecule has 0 saturated heterocycles. The summed E-state index contributed by atoms with van der Waals surface area (Å²) in [4.78, 5) is 4.42. The molecule has 0 bridgehead atoms. The van der Waals surface area contributed by atoms with Gasteiger partial charge in [0.05, 0.1) is 10.2 Å². The minimum atomic E-state index is 0.791. The van der Waals surface area contributed by atoms with Crippen LogP contribution in [0, 0.1) is 0 Å². The van der Waals surface area contributed by atoms with Crippen molar-refractivity contribution >= 4 is 27.6 Å². The summed E-state index contributed by atoms with van der Waals surface area (Å²) in [6.45, 7) is 1.87. The minimum Gasteiger partial charge on any atom is -0.402 e. The number of thiazole rings is 1. The quantitative estimate of drug-likeness (QED) is 0.750. The number of aromatic nitrogens is 1. The van der Waals surface area contributed by atoms with Gasteiger partial charge in [-0.1, -0.05) is 12.1 Å². The van der Waals surface area contributed by atoms with Crippen LogP contribution >= 0.6 is 11.3 Å². The Hall–Kier alpha value is -1.35. The van der Waals surface area contributed by atoms with Gasteiger partial charge < -0.3 is 5.73 Å². The summed E-state index contributed by atoms with van der Waals surface area (Å²) in [5, 5.41) is 0.973. The van der Waals surface area contributed by atoms with E-state index in [2.05, 4.69) is 11.1 Å². The highest BCUT2D eigenvalue weighted by Crippen LogP contribution is 2.22. The molecule has 2 rings (SSSR count). The lowest BCUT2D eigenvalue weighted by atomic mass is 10.3. The number of benzene rings is 1. The molecule has 2 aromatic rings. The van der Waals surface area contributed by atoms with E-state index in [1.54, 1.807) is 11.3 Å². The Labute approximate surface area is 80.7 Å². The Bertz CT molecular complexity index is 420. The highest BCUT2D eigenvalue weighted by molar-refractivity contribution is 7.19. The van der Waals surface area contributed by atoms with Crippen LogP contribution in [0.5, 0.6) is 0 Å². The molecule has 1 aromatic heterocycles. The lowest BCUT2D eigenvalue weighted by Crippen LogP contribution is -1.88. The summed E-state index contributed by atoms with van der Waals surface area (Å²) < 4.78 is 1.20. The fourth-order valence-corrected chi connectivity index (χ4v) is 2.13. The lowest BCUT2D eigenvalue weighted by molar-refractivity contribution is 1.33. The minimum absolute atomic E-state index is 0.791. The molecule has 0 unspecified atom stereocenters. The van der Waals surface area contributed by atoms with Crippen molar-refractivity contribution in [2.24, 2.45) is 5.73 Å². The second-order valence-electron chi connectivity index (χ2n) is 2.91. The van der Waals surface area contributed by atoms with Crippen LogP contribution in [0.1, 0.15) is 11.9 Å². The zero-order valence-electron chi connectivity index (χ0n) is 7.32. The zero-order valence-corrected chi connectivity index (χ0v) is 8.14. The summed E-state index contributed by atoms with van der Waals surface area (Å²) >= 11 is 1.66. The number of hydrogen-bond acceptors (Lipinski definition) is 3. The molecule has 0 saturated carbocycles. The van der Waals surface area contributed by atoms with Crippen molar-refractivity contribution in [3.8, 4) is 0 Å². The summed E-state index contributed by atoms with van der Waals surface area (Å²) in [6, 6.07) is 8.08. The molecule has 1 aromatic carbocycles. The SMILES string of the molecule is C/C(N)=C/c1nc2ccccc2s1. The van der Waals surface area contributed by atoms with E-state index in [9.17, 15) is 0 Å². The first-order chi connectivity index (χ1) is 6.25. The highest BCUT2D eigenvalue weighted by atomic mass is 32.1. The monoisotopic (exact) mass is 190 g/mol. The van der Waals surface area contributed by atoms with Crippen LogP contribution in [0.4, 0.5) is 0 Å². The zero-order chi connectivity index (χ0) is 9.26. The van der Waals surface area contributed by atoms with Crippen molar-refractivity contribution in [1.29, 1.82) is 0 Å². The third-order valence-electron chi connectivity index (χ3n) is 1.66. The van der Waals surface area contributed by atoms with Crippen LogP contribution in [0.25, 0.3) is 16.3 Å². The fraction of sp³-hybridized carbons (Fsp3) is 0.100. The largest absolute Gasteiger partial charge is 0.402 e. The normalized spacial score (nSPS) is 12.2. The average molecular weight is 190 g/mol. The van der Waals surface area contributed by atoms with E-state index in [0.717, 1.165) is 16.2 Å². The maximum absolute atomic E-state index is 5.57. The van der Waals surface area contributed by atoms with Gasteiger partial charge in [-0.05, 0) is 25.1 Å². The van der Waals surface area contributed by atoms with Gasteiger partial charge in [-0.25, -0.2) is 4.98 Å². The molecule has 0 atom stereocenters. The van der Waals surface area contributed by atoms with Crippen LogP contribution in [-0.2, 0) is 0 Å². The van der Waals surface area contributed by atoms with Crippen molar-refractivity contribution < 1.29 is 0 Å². The van der Waals surface area contributed by atoms with Gasteiger partial charge in [0, 0.05) is 5.70 Å². The average Bonchev–Trinajstić information content (AvgIpc) is 2.44. The number of hydrogen-bond donors (Lipinski definition) is 1. The van der Waals surface area contributed by atoms with Gasteiger partial charge in [0.25, 0.3) is 0 Å². The molecule has 0 fully saturated rings. The van der Waals surface area contributed by atoms with Crippen LogP contribution in [0.3, 0.4) is 0 Å². The van der Waals surface area contributed by atoms with Crippen LogP contribution in [0.15, 0.2) is 30.0 Å². The molecule has 0 aliphatic heterocycles. The van der Waals surface area contributed by atoms with Crippen molar-refractivity contribution in [3.63, 3.8) is 0 Å². The second-order valence-corrected chi connectivity index (χ2v) is 3.97. The highest BCUT2D eigenvalue weighted by Gasteiger charge is 1.99. The molecule has 3 heteroatoms. The standard InChI is InChI=1S/C10H10N2S/c1-7(11)6-10-12-8-4-2-3-5-9(8)13-10/h2-6H,11H2,1H3/b7-6-. The molecular formula is C10H10N2S. The third-order valence-corrected chi connectivity index (χ3v) is 2.64. The Kier molecular flexibility index (Phi) is 2.02. The third kappa shape index (κ3) is 1.70. The van der Waals surface area contributed by atoms with Gasteiger partial charge >= 0.3 is 0 Å². The van der Waals surface area contributed by atoms with E-state index in [4.69, 9.17) is 5.73 Å². The molecule has 2 N–H and O–H groups in total. The van der Waals surface area contributed by atoms with Gasteiger partial charge in [-0.3, -0.25) is 0 Å². The second kappa shape index (κ2) is 3.18. The number of rotatable bonds is 1. The van der Waals surface area contributed by atoms with E-state index in [-0.39, 0.29) is 0 Å². The van der Waals surface area contributed by atoms with Crippen LogP contribution in [0.2, 0.25) is 0 Å². The summed E-state index contributed by atoms with van der Waals surface area (Å²) in [5.74, 6) is 0. The predicted molar refractivity (Wildman–Crippen MR) is 57.5 cm³/mol. The van der Waals surface area contributed by atoms with E-state index in [0.29, 0.717) is 0 Å². The van der Waals surface area contributed by atoms with Gasteiger partial charge in [0.15, 0.2) is 0 Å². The van der Waals surface area contributed by atoms with Gasteiger partial charge in [0.1, 0.15) is 5.01 Å². The lowest BCUT2D eigenvalue weighted by Gasteiger charge is -1.84. The molecule has 66 valence electrons. The molecular weight excluding hydrogens is 180 g/mol. The van der Waals surface area contributed by atoms with Crippen LogP contribution in [-0.4, -0.2) is 4.98 Å². The molecule has 0 spiro atoms. The van der Waals surface area contributed by atoms with E-state index in [1.165, 1.54) is 4.70 Å². The number of allylic oxidation sites excluding steroid dienone is 1. The first-order valence-electron chi connectivity index (χ1n) is 4.05. The fourth-order valence-electron chi connectivity index (χ4n) is 1.15. The summed E-state index contributed by atoms with van der Waals surface area (Å²) in [7, 11) is 0. The molecule has 2 nitrogen and oxygen atoms in total. The number of fused-ring (bicyclic) bond motifs is 1. The van der Waals surface area contributed by atoms with E-state index >= 15 is 0 Å². The molecule has 0 aliphatic carbocycles. The van der Waals surface area contributed by atoms with Crippen molar-refractivity contribution in [2.75, 3.05) is 0 Å². The molecule has 0 radical (unpaired) electrons. The van der Waals surface area contributed by atoms with Gasteiger partial charge in [-0.15, -0.1) is 11.3 Å². The molecule has 0 aliphatic rings. The molecule has 13 heavy (non-hydrogen) atoms. The van der Waals surface area contributed by atoms with E-state index < -0.39 is 0 Å². The van der Waals surface area contributed by atoms with Gasteiger partial charge in [0.2, 0.25) is 0 Å². The Morgan fingerprint density at radius 1 is 1.46 bits per heavy atom. The number of para-hydroxylation sites is 1. The maximum atomic E-state index is 5.57. The topological polar surface area (TPSA) is 38.9 Å². The van der Waals surface area contributed by atoms with Crippen molar-refractivity contribution in [2.45, 2.75) is 6.92 Å². The van der Waals surface area contributed by atoms with Crippen molar-refractivity contribution in [1.82, 2.24) is 4.98 Å². The van der Waals surface area contributed by atoms with Crippen LogP contribution < -0.4 is 5.73 Å². The van der Waals surface area contributed by atoms with Gasteiger partial charge in [-0.2, -0.15) is 0 Å². The smallest absolute Gasteiger partial charge is 0.119 e. The van der Waals surface area contributed by atoms with Crippen molar-refractivity contribution in [3.05, 3.63) is 35.0 Å². The Morgan fingerprint density at radius 3 is 2.92 bits per heavy atom. The first kappa shape index (κ1) is 8.26. The summed E-state index contributed by atoms with van der Waals surface area (Å²) in [5.41, 5.74) is 7.41. The first-order valence-corrected chi connectivity index (χ1v) is 4.87. The number of nitrogens with zero attached hydrogens (tertiary/aromatic N) is 1. The Balaban J connectivity index is 2.56. The molecule has 1 heterocycles. The van der Waals surface area contributed by atoms with E-state index in [1.807, 2.05) is 31.2 Å². The Morgan fingerprint density at radius 2 is 2.23 bits per heavy atom.